The SMILES string of the molecule is Cc1nc2c([nH]1)[C@@H](c1ccc(O)cc1)C(C#N)=C(N)O2. The van der Waals surface area contributed by atoms with Crippen LogP contribution in [0.5, 0.6) is 11.6 Å². The van der Waals surface area contributed by atoms with E-state index in [4.69, 9.17) is 10.5 Å². The van der Waals surface area contributed by atoms with E-state index in [1.165, 1.54) is 0 Å². The molecule has 4 N–H and O–H groups in total. The Morgan fingerprint density at radius 3 is 2.75 bits per heavy atom. The number of aromatic nitrogens is 2. The molecule has 0 saturated heterocycles. The number of nitrogens with one attached hydrogen (secondary N) is 1. The van der Waals surface area contributed by atoms with Gasteiger partial charge in [-0.15, -0.1) is 0 Å². The van der Waals surface area contributed by atoms with Gasteiger partial charge in [-0.3, -0.25) is 0 Å². The zero-order valence-corrected chi connectivity index (χ0v) is 10.7. The predicted molar refractivity (Wildman–Crippen MR) is 70.7 cm³/mol. The predicted octanol–water partition coefficient (Wildman–Crippen LogP) is 1.64. The van der Waals surface area contributed by atoms with Gasteiger partial charge < -0.3 is 20.6 Å². The van der Waals surface area contributed by atoms with E-state index < -0.39 is 0 Å². The molecule has 3 rings (SSSR count). The first-order chi connectivity index (χ1) is 9.60. The number of nitrogens with two attached hydrogens (primary N) is 1. The van der Waals surface area contributed by atoms with Crippen LogP contribution >= 0.6 is 0 Å². The van der Waals surface area contributed by atoms with Gasteiger partial charge in [0.2, 0.25) is 11.8 Å². The molecule has 2 heterocycles. The summed E-state index contributed by atoms with van der Waals surface area (Å²) in [5.41, 5.74) is 7.65. The van der Waals surface area contributed by atoms with Crippen LogP contribution in [-0.2, 0) is 0 Å². The fourth-order valence-electron chi connectivity index (χ4n) is 2.33. The van der Waals surface area contributed by atoms with Crippen LogP contribution in [0, 0.1) is 18.3 Å². The third-order valence-electron chi connectivity index (χ3n) is 3.21. The minimum absolute atomic E-state index is 0.0598. The van der Waals surface area contributed by atoms with Crippen LogP contribution in [0.4, 0.5) is 0 Å². The monoisotopic (exact) mass is 268 g/mol. The number of imidazole rings is 1. The van der Waals surface area contributed by atoms with Crippen molar-refractivity contribution in [3.8, 4) is 17.7 Å². The Bertz CT molecular complexity index is 738. The number of aromatic hydroxyl groups is 1. The molecule has 6 nitrogen and oxygen atoms in total. The van der Waals surface area contributed by atoms with Crippen LogP contribution in [0.1, 0.15) is 23.0 Å². The van der Waals surface area contributed by atoms with Crippen molar-refractivity contribution >= 4 is 0 Å². The number of H-pyrrole nitrogens is 1. The quantitative estimate of drug-likeness (QED) is 0.728. The molecule has 0 radical (unpaired) electrons. The summed E-state index contributed by atoms with van der Waals surface area (Å²) < 4.78 is 5.37. The number of allylic oxidation sites excluding steroid dienone is 1. The van der Waals surface area contributed by atoms with Crippen molar-refractivity contribution in [2.24, 2.45) is 5.73 Å². The highest BCUT2D eigenvalue weighted by Crippen LogP contribution is 2.40. The zero-order valence-electron chi connectivity index (χ0n) is 10.7. The van der Waals surface area contributed by atoms with Crippen LogP contribution < -0.4 is 10.5 Å². The molecule has 20 heavy (non-hydrogen) atoms. The van der Waals surface area contributed by atoms with E-state index >= 15 is 0 Å². The Hall–Kier alpha value is -2.94. The number of fused-ring (bicyclic) bond motifs is 1. The van der Waals surface area contributed by atoms with Gasteiger partial charge in [-0.2, -0.15) is 10.2 Å². The zero-order chi connectivity index (χ0) is 14.3. The van der Waals surface area contributed by atoms with Crippen LogP contribution in [0.25, 0.3) is 0 Å². The molecule has 1 aromatic carbocycles. The maximum absolute atomic E-state index is 9.38. The minimum atomic E-state index is -0.370. The molecule has 1 aromatic heterocycles. The highest BCUT2D eigenvalue weighted by Gasteiger charge is 2.33. The van der Waals surface area contributed by atoms with Crippen molar-refractivity contribution in [1.82, 2.24) is 9.97 Å². The van der Waals surface area contributed by atoms with Gasteiger partial charge in [-0.25, -0.2) is 0 Å². The summed E-state index contributed by atoms with van der Waals surface area (Å²) in [5, 5.41) is 18.7. The van der Waals surface area contributed by atoms with Gasteiger partial charge in [0.15, 0.2) is 0 Å². The molecule has 2 aromatic rings. The second kappa shape index (κ2) is 4.31. The van der Waals surface area contributed by atoms with E-state index in [1.54, 1.807) is 31.2 Å². The smallest absolute Gasteiger partial charge is 0.243 e. The van der Waals surface area contributed by atoms with Crippen LogP contribution in [-0.4, -0.2) is 15.1 Å². The van der Waals surface area contributed by atoms with Crippen molar-refractivity contribution in [2.75, 3.05) is 0 Å². The lowest BCUT2D eigenvalue weighted by atomic mass is 9.88. The molecular formula is C14H12N4O2. The molecule has 0 aliphatic carbocycles. The Morgan fingerprint density at radius 2 is 2.10 bits per heavy atom. The van der Waals surface area contributed by atoms with Gasteiger partial charge in [0.25, 0.3) is 0 Å². The van der Waals surface area contributed by atoms with Crippen molar-refractivity contribution in [1.29, 1.82) is 5.26 Å². The number of ether oxygens (including phenoxy) is 1. The molecule has 0 saturated carbocycles. The Morgan fingerprint density at radius 1 is 1.40 bits per heavy atom. The number of benzene rings is 1. The molecule has 0 fully saturated rings. The van der Waals surface area contributed by atoms with Crippen LogP contribution in [0.3, 0.4) is 0 Å². The lowest BCUT2D eigenvalue weighted by molar-refractivity contribution is 0.379. The maximum atomic E-state index is 9.38. The molecule has 1 aliphatic rings. The van der Waals surface area contributed by atoms with Crippen molar-refractivity contribution < 1.29 is 9.84 Å². The van der Waals surface area contributed by atoms with Crippen molar-refractivity contribution in [3.05, 3.63) is 52.8 Å². The van der Waals surface area contributed by atoms with Crippen molar-refractivity contribution in [3.63, 3.8) is 0 Å². The highest BCUT2D eigenvalue weighted by atomic mass is 16.5. The van der Waals surface area contributed by atoms with E-state index in [0.29, 0.717) is 23.0 Å². The number of hydrogen-bond acceptors (Lipinski definition) is 5. The maximum Gasteiger partial charge on any atom is 0.243 e. The summed E-state index contributed by atoms with van der Waals surface area (Å²) in [6, 6.07) is 8.71. The summed E-state index contributed by atoms with van der Waals surface area (Å²) in [6.45, 7) is 1.80. The van der Waals surface area contributed by atoms with Crippen LogP contribution in [0.2, 0.25) is 0 Å². The number of phenols is 1. The Labute approximate surface area is 115 Å². The topological polar surface area (TPSA) is 108 Å². The first-order valence-electron chi connectivity index (χ1n) is 6.03. The third kappa shape index (κ3) is 1.77. The minimum Gasteiger partial charge on any atom is -0.508 e. The molecule has 100 valence electrons. The lowest BCUT2D eigenvalue weighted by Crippen LogP contribution is -2.21. The third-order valence-corrected chi connectivity index (χ3v) is 3.21. The van der Waals surface area contributed by atoms with E-state index in [0.717, 1.165) is 5.56 Å². The molecule has 1 aliphatic heterocycles. The number of aryl methyl sites for hydroxylation is 1. The average Bonchev–Trinajstić information content (AvgIpc) is 2.78. The summed E-state index contributed by atoms with van der Waals surface area (Å²) in [5.74, 6) is 0.926. The Kier molecular flexibility index (Phi) is 2.61. The van der Waals surface area contributed by atoms with Gasteiger partial charge in [0.05, 0.1) is 11.6 Å². The number of nitrogens with zero attached hydrogens (tertiary/aromatic N) is 2. The number of nitriles is 1. The molecule has 0 bridgehead atoms. The summed E-state index contributed by atoms with van der Waals surface area (Å²) in [4.78, 5) is 7.32. The van der Waals surface area contributed by atoms with Gasteiger partial charge in [-0.05, 0) is 24.6 Å². The standard InChI is InChI=1S/C14H12N4O2/c1-7-17-12-11(8-2-4-9(19)5-3-8)10(6-15)13(16)20-14(12)18-7/h2-5,11,19H,16H2,1H3,(H,17,18)/t11-/m0/s1. The normalized spacial score (nSPS) is 17.3. The van der Waals surface area contributed by atoms with Crippen molar-refractivity contribution in [2.45, 2.75) is 12.8 Å². The molecule has 1 atom stereocenters. The summed E-state index contributed by atoms with van der Waals surface area (Å²) >= 11 is 0. The number of rotatable bonds is 1. The van der Waals surface area contributed by atoms with E-state index in [9.17, 15) is 10.4 Å². The molecule has 6 heteroatoms. The van der Waals surface area contributed by atoms with Gasteiger partial charge in [-0.1, -0.05) is 12.1 Å². The first-order valence-corrected chi connectivity index (χ1v) is 6.03. The highest BCUT2D eigenvalue weighted by molar-refractivity contribution is 5.51. The molecule has 0 spiro atoms. The second-order valence-electron chi connectivity index (χ2n) is 4.56. The molecular weight excluding hydrogens is 256 g/mol. The fourth-order valence-corrected chi connectivity index (χ4v) is 2.33. The number of aromatic amines is 1. The lowest BCUT2D eigenvalue weighted by Gasteiger charge is -2.22. The molecule has 0 unspecified atom stereocenters. The number of phenolic OH excluding ortho intramolecular Hbond substituents is 1. The van der Waals surface area contributed by atoms with E-state index in [-0.39, 0.29) is 17.6 Å². The summed E-state index contributed by atoms with van der Waals surface area (Å²) in [7, 11) is 0. The van der Waals surface area contributed by atoms with E-state index in [1.807, 2.05) is 0 Å². The average molecular weight is 268 g/mol. The number of hydrogen-bond donors (Lipinski definition) is 3. The largest absolute Gasteiger partial charge is 0.508 e. The van der Waals surface area contributed by atoms with Gasteiger partial charge in [0.1, 0.15) is 23.2 Å². The first kappa shape index (κ1) is 12.1. The molecule has 0 amide bonds. The van der Waals surface area contributed by atoms with Gasteiger partial charge in [0, 0.05) is 0 Å². The van der Waals surface area contributed by atoms with E-state index in [2.05, 4.69) is 16.0 Å². The summed E-state index contributed by atoms with van der Waals surface area (Å²) in [6.07, 6.45) is 0. The Balaban J connectivity index is 2.19. The van der Waals surface area contributed by atoms with Gasteiger partial charge >= 0.3 is 0 Å². The second-order valence-corrected chi connectivity index (χ2v) is 4.56. The van der Waals surface area contributed by atoms with Crippen LogP contribution in [0.15, 0.2) is 35.7 Å². The fraction of sp³-hybridized carbons (Fsp3) is 0.143.